The van der Waals surface area contributed by atoms with Crippen molar-refractivity contribution in [3.63, 3.8) is 0 Å². The normalized spacial score (nSPS) is 11.8. The highest BCUT2D eigenvalue weighted by Crippen LogP contribution is 2.19. The second-order valence-electron chi connectivity index (χ2n) is 4.27. The predicted octanol–water partition coefficient (Wildman–Crippen LogP) is 3.37. The fraction of sp³-hybridized carbons (Fsp3) is 0.286. The van der Waals surface area contributed by atoms with Gasteiger partial charge in [-0.15, -0.1) is 11.3 Å². The van der Waals surface area contributed by atoms with Gasteiger partial charge in [-0.05, 0) is 38.1 Å². The lowest BCUT2D eigenvalue weighted by Crippen LogP contribution is -2.18. The highest BCUT2D eigenvalue weighted by Gasteiger charge is 2.08. The van der Waals surface area contributed by atoms with Crippen molar-refractivity contribution in [2.45, 2.75) is 26.3 Å². The molecule has 0 aliphatic rings. The molecule has 1 atom stereocenters. The van der Waals surface area contributed by atoms with Gasteiger partial charge in [0, 0.05) is 28.4 Å². The minimum atomic E-state index is 0.277. The van der Waals surface area contributed by atoms with E-state index in [1.165, 1.54) is 9.75 Å². The lowest BCUT2D eigenvalue weighted by atomic mass is 10.2. The molecule has 18 heavy (non-hydrogen) atoms. The molecule has 2 aromatic heterocycles. The quantitative estimate of drug-likeness (QED) is 0.913. The molecule has 2 rings (SSSR count). The van der Waals surface area contributed by atoms with Crippen molar-refractivity contribution in [1.29, 1.82) is 5.26 Å². The zero-order valence-corrected chi connectivity index (χ0v) is 11.3. The van der Waals surface area contributed by atoms with Gasteiger partial charge in [0.15, 0.2) is 5.69 Å². The lowest BCUT2D eigenvalue weighted by Gasteiger charge is -2.14. The maximum absolute atomic E-state index is 8.97. The molecule has 0 aromatic carbocycles. The van der Waals surface area contributed by atoms with Gasteiger partial charge in [0.2, 0.25) is 0 Å². The summed E-state index contributed by atoms with van der Waals surface area (Å²) in [4.78, 5) is 6.73. The molecule has 0 amide bonds. The molecule has 0 bridgehead atoms. The van der Waals surface area contributed by atoms with Crippen molar-refractivity contribution in [2.24, 2.45) is 0 Å². The third-order valence-electron chi connectivity index (χ3n) is 2.62. The van der Waals surface area contributed by atoms with E-state index in [1.54, 1.807) is 6.20 Å². The first-order valence-electron chi connectivity index (χ1n) is 5.86. The fourth-order valence-corrected chi connectivity index (χ4v) is 2.84. The molecular formula is C14H15N3S. The third kappa shape index (κ3) is 3.08. The number of hydrogen-bond donors (Lipinski definition) is 1. The van der Waals surface area contributed by atoms with E-state index in [1.807, 2.05) is 23.5 Å². The minimum Gasteiger partial charge on any atom is -0.380 e. The Morgan fingerprint density at radius 1 is 1.44 bits per heavy atom. The maximum Gasteiger partial charge on any atom is 0.163 e. The van der Waals surface area contributed by atoms with Gasteiger partial charge in [0.05, 0.1) is 5.69 Å². The molecule has 2 heterocycles. The van der Waals surface area contributed by atoms with Gasteiger partial charge in [-0.2, -0.15) is 5.26 Å². The Morgan fingerprint density at radius 2 is 2.28 bits per heavy atom. The van der Waals surface area contributed by atoms with Gasteiger partial charge in [-0.3, -0.25) is 0 Å². The molecule has 0 aliphatic carbocycles. The summed E-state index contributed by atoms with van der Waals surface area (Å²) in [6.07, 6.45) is 2.59. The van der Waals surface area contributed by atoms with Crippen LogP contribution in [0.15, 0.2) is 30.5 Å². The van der Waals surface area contributed by atoms with E-state index >= 15 is 0 Å². The standard InChI is InChI=1S/C14H15N3S/c1-10(8-12-6-5-11(2)18-12)17-13-4-3-7-16-14(13)9-15/h3-7,10,17H,8H2,1-2H3. The molecule has 1 N–H and O–H groups in total. The van der Waals surface area contributed by atoms with Crippen LogP contribution < -0.4 is 5.32 Å². The highest BCUT2D eigenvalue weighted by atomic mass is 32.1. The van der Waals surface area contributed by atoms with E-state index in [-0.39, 0.29) is 6.04 Å². The van der Waals surface area contributed by atoms with Crippen LogP contribution in [-0.2, 0) is 6.42 Å². The summed E-state index contributed by atoms with van der Waals surface area (Å²) >= 11 is 1.82. The second kappa shape index (κ2) is 5.65. The van der Waals surface area contributed by atoms with Crippen LogP contribution in [0.2, 0.25) is 0 Å². The number of rotatable bonds is 4. The summed E-state index contributed by atoms with van der Waals surface area (Å²) < 4.78 is 0. The summed E-state index contributed by atoms with van der Waals surface area (Å²) in [5.74, 6) is 0. The van der Waals surface area contributed by atoms with Crippen LogP contribution in [0.4, 0.5) is 5.69 Å². The molecular weight excluding hydrogens is 242 g/mol. The number of nitriles is 1. The first-order chi connectivity index (χ1) is 8.69. The Morgan fingerprint density at radius 3 is 2.94 bits per heavy atom. The van der Waals surface area contributed by atoms with Gasteiger partial charge < -0.3 is 5.32 Å². The van der Waals surface area contributed by atoms with Crippen LogP contribution in [0, 0.1) is 18.3 Å². The first kappa shape index (κ1) is 12.6. The minimum absolute atomic E-state index is 0.277. The van der Waals surface area contributed by atoms with Crippen molar-refractivity contribution < 1.29 is 0 Å². The SMILES string of the molecule is Cc1ccc(CC(C)Nc2cccnc2C#N)s1. The van der Waals surface area contributed by atoms with Crippen LogP contribution in [0.5, 0.6) is 0 Å². The molecule has 0 saturated carbocycles. The summed E-state index contributed by atoms with van der Waals surface area (Å²) in [6, 6.07) is 10.4. The molecule has 0 radical (unpaired) electrons. The van der Waals surface area contributed by atoms with Crippen LogP contribution in [0.1, 0.15) is 22.4 Å². The number of hydrogen-bond acceptors (Lipinski definition) is 4. The van der Waals surface area contributed by atoms with Gasteiger partial charge in [-0.1, -0.05) is 0 Å². The Balaban J connectivity index is 2.03. The number of thiophene rings is 1. The summed E-state index contributed by atoms with van der Waals surface area (Å²) in [5.41, 5.74) is 1.26. The maximum atomic E-state index is 8.97. The lowest BCUT2D eigenvalue weighted by molar-refractivity contribution is 0.799. The molecule has 0 fully saturated rings. The fourth-order valence-electron chi connectivity index (χ4n) is 1.82. The molecule has 0 saturated heterocycles. The van der Waals surface area contributed by atoms with E-state index < -0.39 is 0 Å². The first-order valence-corrected chi connectivity index (χ1v) is 6.67. The largest absolute Gasteiger partial charge is 0.380 e. The van der Waals surface area contributed by atoms with Crippen LogP contribution in [0.25, 0.3) is 0 Å². The highest BCUT2D eigenvalue weighted by molar-refractivity contribution is 7.11. The smallest absolute Gasteiger partial charge is 0.163 e. The van der Waals surface area contributed by atoms with Crippen molar-refractivity contribution in [3.8, 4) is 6.07 Å². The zero-order valence-electron chi connectivity index (χ0n) is 10.5. The summed E-state index contributed by atoms with van der Waals surface area (Å²) in [7, 11) is 0. The average Bonchev–Trinajstić information content (AvgIpc) is 2.75. The van der Waals surface area contributed by atoms with E-state index in [0.29, 0.717) is 5.69 Å². The second-order valence-corrected chi connectivity index (χ2v) is 5.65. The number of aryl methyl sites for hydroxylation is 1. The average molecular weight is 257 g/mol. The molecule has 0 spiro atoms. The van der Waals surface area contributed by atoms with E-state index in [4.69, 9.17) is 5.26 Å². The predicted molar refractivity (Wildman–Crippen MR) is 74.8 cm³/mol. The third-order valence-corrected chi connectivity index (χ3v) is 3.64. The number of nitrogens with zero attached hydrogens (tertiary/aromatic N) is 2. The number of nitrogens with one attached hydrogen (secondary N) is 1. The van der Waals surface area contributed by atoms with Crippen LogP contribution >= 0.6 is 11.3 Å². The van der Waals surface area contributed by atoms with Crippen LogP contribution in [-0.4, -0.2) is 11.0 Å². The van der Waals surface area contributed by atoms with E-state index in [2.05, 4.69) is 42.4 Å². The van der Waals surface area contributed by atoms with Crippen molar-refractivity contribution >= 4 is 17.0 Å². The molecule has 4 heteroatoms. The molecule has 1 unspecified atom stereocenters. The number of aromatic nitrogens is 1. The van der Waals surface area contributed by atoms with Gasteiger partial charge in [0.25, 0.3) is 0 Å². The zero-order chi connectivity index (χ0) is 13.0. The van der Waals surface area contributed by atoms with Crippen molar-refractivity contribution in [3.05, 3.63) is 45.9 Å². The van der Waals surface area contributed by atoms with Crippen molar-refractivity contribution in [2.75, 3.05) is 5.32 Å². The van der Waals surface area contributed by atoms with E-state index in [9.17, 15) is 0 Å². The molecule has 2 aromatic rings. The molecule has 0 aliphatic heterocycles. The number of pyridine rings is 1. The Kier molecular flexibility index (Phi) is 3.96. The summed E-state index contributed by atoms with van der Waals surface area (Å²) in [5, 5.41) is 12.3. The van der Waals surface area contributed by atoms with Crippen molar-refractivity contribution in [1.82, 2.24) is 4.98 Å². The van der Waals surface area contributed by atoms with Gasteiger partial charge >= 0.3 is 0 Å². The molecule has 92 valence electrons. The van der Waals surface area contributed by atoms with Gasteiger partial charge in [0.1, 0.15) is 6.07 Å². The number of anilines is 1. The Hall–Kier alpha value is -1.86. The Bertz CT molecular complexity index is 568. The van der Waals surface area contributed by atoms with Gasteiger partial charge in [-0.25, -0.2) is 4.98 Å². The molecule has 3 nitrogen and oxygen atoms in total. The van der Waals surface area contributed by atoms with Crippen LogP contribution in [0.3, 0.4) is 0 Å². The van der Waals surface area contributed by atoms with E-state index in [0.717, 1.165) is 12.1 Å². The summed E-state index contributed by atoms with van der Waals surface area (Å²) in [6.45, 7) is 4.23. The monoisotopic (exact) mass is 257 g/mol. The topological polar surface area (TPSA) is 48.7 Å². The Labute approximate surface area is 111 Å².